The molecule has 0 saturated heterocycles. The Bertz CT molecular complexity index is 3540. The minimum Gasteiger partial charge on any atom is -0.497 e. The average molecular weight is 819 g/mol. The van der Waals surface area contributed by atoms with Crippen LogP contribution in [-0.2, 0) is 0 Å². The number of fused-ring (bicyclic) bond motifs is 10. The predicted molar refractivity (Wildman–Crippen MR) is 274 cm³/mol. The average Bonchev–Trinajstić information content (AvgIpc) is 3.80. The lowest BCUT2D eigenvalue weighted by Gasteiger charge is -2.33. The molecule has 302 valence electrons. The number of hydrogen-bond donors (Lipinski definition) is 0. The Balaban J connectivity index is 1.27. The molecule has 0 bridgehead atoms. The van der Waals surface area contributed by atoms with E-state index < -0.39 is 0 Å². The lowest BCUT2D eigenvalue weighted by molar-refractivity contribution is 0.415. The van der Waals surface area contributed by atoms with E-state index in [9.17, 15) is 0 Å². The van der Waals surface area contributed by atoms with Crippen LogP contribution in [0.5, 0.6) is 11.5 Å². The van der Waals surface area contributed by atoms with E-state index in [1.807, 2.05) is 14.2 Å². The summed E-state index contributed by atoms with van der Waals surface area (Å²) in [6.45, 7) is 13.9. The molecule has 4 aliphatic heterocycles. The SMILES string of the molecule is COc1cc2c3c(c1)-c1cc(-c4c(C)cc(C)cc4C)c4cc5c6c(cc(-c7c(C)cc(C)cc7C)c7cc(c1c4c76)B3c1ccccc1-2)-c1cc(OC)cc2c1B5c1ccccc1-2. The van der Waals surface area contributed by atoms with Gasteiger partial charge in [0.2, 0.25) is 13.4 Å². The van der Waals surface area contributed by atoms with Crippen LogP contribution < -0.4 is 42.3 Å². The molecule has 0 spiro atoms. The number of methoxy groups -OCH3 is 2. The van der Waals surface area contributed by atoms with Gasteiger partial charge in [-0.2, -0.15) is 0 Å². The summed E-state index contributed by atoms with van der Waals surface area (Å²) in [5.74, 6) is 1.80. The van der Waals surface area contributed by atoms with E-state index in [4.69, 9.17) is 9.47 Å². The highest BCUT2D eigenvalue weighted by molar-refractivity contribution is 7.03. The third kappa shape index (κ3) is 4.39. The molecule has 0 N–H and O–H groups in total. The molecule has 0 aliphatic carbocycles. The molecule has 10 aromatic rings. The van der Waals surface area contributed by atoms with Crippen LogP contribution in [0.4, 0.5) is 0 Å². The summed E-state index contributed by atoms with van der Waals surface area (Å²) in [7, 11) is 3.63. The Morgan fingerprint density at radius 1 is 0.328 bits per heavy atom. The van der Waals surface area contributed by atoms with Crippen molar-refractivity contribution in [2.75, 3.05) is 14.2 Å². The maximum Gasteiger partial charge on any atom is 0.244 e. The molecule has 64 heavy (non-hydrogen) atoms. The summed E-state index contributed by atoms with van der Waals surface area (Å²) < 4.78 is 12.3. The van der Waals surface area contributed by atoms with Gasteiger partial charge < -0.3 is 9.47 Å². The topological polar surface area (TPSA) is 18.5 Å². The molecule has 0 fully saturated rings. The Kier molecular flexibility index (Phi) is 7.04. The Hall–Kier alpha value is -7.03. The molecule has 4 heteroatoms. The second-order valence-electron chi connectivity index (χ2n) is 19.3. The van der Waals surface area contributed by atoms with Crippen molar-refractivity contribution in [1.29, 1.82) is 0 Å². The monoisotopic (exact) mass is 818 g/mol. The first-order valence-electron chi connectivity index (χ1n) is 22.8. The smallest absolute Gasteiger partial charge is 0.244 e. The molecule has 0 radical (unpaired) electrons. The Morgan fingerprint density at radius 3 is 1.06 bits per heavy atom. The van der Waals surface area contributed by atoms with Crippen molar-refractivity contribution in [3.63, 3.8) is 0 Å². The molecule has 2 nitrogen and oxygen atoms in total. The second kappa shape index (κ2) is 12.4. The van der Waals surface area contributed by atoms with Gasteiger partial charge in [-0.25, -0.2) is 0 Å². The van der Waals surface area contributed by atoms with Crippen molar-refractivity contribution in [1.82, 2.24) is 0 Å². The molecule has 0 atom stereocenters. The van der Waals surface area contributed by atoms with E-state index in [-0.39, 0.29) is 13.4 Å². The van der Waals surface area contributed by atoms with Crippen LogP contribution in [0.1, 0.15) is 33.4 Å². The maximum absolute atomic E-state index is 6.17. The van der Waals surface area contributed by atoms with Gasteiger partial charge in [-0.3, -0.25) is 0 Å². The van der Waals surface area contributed by atoms with Gasteiger partial charge in [-0.1, -0.05) is 129 Å². The van der Waals surface area contributed by atoms with Crippen LogP contribution >= 0.6 is 0 Å². The number of aryl methyl sites for hydroxylation is 6. The minimum absolute atomic E-state index is 0.0919. The minimum atomic E-state index is 0.0919. The normalized spacial score (nSPS) is 13.2. The van der Waals surface area contributed by atoms with Gasteiger partial charge in [-0.05, 0) is 199 Å². The highest BCUT2D eigenvalue weighted by Gasteiger charge is 2.45. The summed E-state index contributed by atoms with van der Waals surface area (Å²) in [6, 6.07) is 47.4. The molecule has 0 aromatic heterocycles. The molecular formula is C60H44B2O2. The molecule has 4 heterocycles. The molecule has 0 saturated carbocycles. The van der Waals surface area contributed by atoms with Crippen molar-refractivity contribution in [2.24, 2.45) is 0 Å². The van der Waals surface area contributed by atoms with Gasteiger partial charge in [0.05, 0.1) is 14.2 Å². The van der Waals surface area contributed by atoms with Crippen LogP contribution in [-0.4, -0.2) is 27.6 Å². The summed E-state index contributed by atoms with van der Waals surface area (Å²) >= 11 is 0. The summed E-state index contributed by atoms with van der Waals surface area (Å²) in [5.41, 5.74) is 31.8. The van der Waals surface area contributed by atoms with Crippen molar-refractivity contribution in [3.05, 3.63) is 155 Å². The molecule has 10 aromatic carbocycles. The first-order chi connectivity index (χ1) is 31.1. The lowest BCUT2D eigenvalue weighted by atomic mass is 9.34. The van der Waals surface area contributed by atoms with E-state index >= 15 is 0 Å². The van der Waals surface area contributed by atoms with Crippen LogP contribution in [0.15, 0.2) is 121 Å². The van der Waals surface area contributed by atoms with Crippen molar-refractivity contribution in [3.8, 4) is 78.3 Å². The first-order valence-corrected chi connectivity index (χ1v) is 22.8. The number of rotatable bonds is 4. The predicted octanol–water partition coefficient (Wildman–Crippen LogP) is 10.7. The van der Waals surface area contributed by atoms with Gasteiger partial charge in [0.25, 0.3) is 0 Å². The highest BCUT2D eigenvalue weighted by Crippen LogP contribution is 2.52. The van der Waals surface area contributed by atoms with Crippen molar-refractivity contribution >= 4 is 78.5 Å². The molecule has 0 unspecified atom stereocenters. The fourth-order valence-corrected chi connectivity index (χ4v) is 13.7. The fourth-order valence-electron chi connectivity index (χ4n) is 13.7. The van der Waals surface area contributed by atoms with Crippen LogP contribution in [0.3, 0.4) is 0 Å². The lowest BCUT2D eigenvalue weighted by Crippen LogP contribution is -2.52. The largest absolute Gasteiger partial charge is 0.497 e. The van der Waals surface area contributed by atoms with E-state index in [0.29, 0.717) is 0 Å². The summed E-state index contributed by atoms with van der Waals surface area (Å²) in [4.78, 5) is 0. The fraction of sp³-hybridized carbons (Fsp3) is 0.133. The Labute approximate surface area is 375 Å². The van der Waals surface area contributed by atoms with Crippen LogP contribution in [0.2, 0.25) is 0 Å². The van der Waals surface area contributed by atoms with E-state index in [0.717, 1.165) is 11.5 Å². The maximum atomic E-state index is 6.17. The molecule has 14 rings (SSSR count). The summed E-state index contributed by atoms with van der Waals surface area (Å²) in [6.07, 6.45) is 0. The van der Waals surface area contributed by atoms with E-state index in [1.54, 1.807) is 0 Å². The molecule has 4 aliphatic rings. The number of ether oxygens (including phenoxy) is 2. The van der Waals surface area contributed by atoms with Gasteiger partial charge in [0.1, 0.15) is 11.5 Å². The van der Waals surface area contributed by atoms with Gasteiger partial charge in [0.15, 0.2) is 0 Å². The zero-order chi connectivity index (χ0) is 43.2. The molecular weight excluding hydrogens is 774 g/mol. The van der Waals surface area contributed by atoms with Crippen LogP contribution in [0, 0.1) is 41.5 Å². The van der Waals surface area contributed by atoms with Gasteiger partial charge in [0, 0.05) is 0 Å². The van der Waals surface area contributed by atoms with Gasteiger partial charge in [-0.15, -0.1) is 0 Å². The first kappa shape index (κ1) is 36.5. The van der Waals surface area contributed by atoms with Crippen molar-refractivity contribution in [2.45, 2.75) is 41.5 Å². The Morgan fingerprint density at radius 2 is 0.688 bits per heavy atom. The quantitative estimate of drug-likeness (QED) is 0.130. The van der Waals surface area contributed by atoms with Crippen molar-refractivity contribution < 1.29 is 9.47 Å². The van der Waals surface area contributed by atoms with E-state index in [1.165, 1.54) is 165 Å². The molecule has 0 amide bonds. The van der Waals surface area contributed by atoms with Crippen LogP contribution in [0.25, 0.3) is 99.1 Å². The number of benzene rings is 10. The third-order valence-electron chi connectivity index (χ3n) is 15.7. The zero-order valence-corrected chi connectivity index (χ0v) is 37.5. The van der Waals surface area contributed by atoms with E-state index in [2.05, 4.69) is 163 Å². The zero-order valence-electron chi connectivity index (χ0n) is 37.5. The third-order valence-corrected chi connectivity index (χ3v) is 15.7. The standard InChI is InChI=1S/C60H44B2O2/c1-29-17-31(3)53(32(4)18-29)39-25-41-47-23-35(63-7)21-45-37-13-10-12-16-50(37)62(59(45)47)52-28-44-40(54-33(5)19-30(2)20-34(54)6)26-42-48-24-36(64-8)22-46-38-14-9-11-15-49(38)61(60(46)48)51-27-43(39)57(55(41)52)58(44)56(42)51/h9-28H,1-8H3. The highest BCUT2D eigenvalue weighted by atomic mass is 16.5. The summed E-state index contributed by atoms with van der Waals surface area (Å²) in [5, 5.41) is 8.17. The van der Waals surface area contributed by atoms with Gasteiger partial charge >= 0.3 is 0 Å². The second-order valence-corrected chi connectivity index (χ2v) is 19.3. The number of hydrogen-bond acceptors (Lipinski definition) is 2.